The number of non-ortho nitro benzene ring substituents is 1. The molecule has 0 aliphatic carbocycles. The van der Waals surface area contributed by atoms with Crippen LogP contribution in [-0.4, -0.2) is 15.9 Å². The number of hydrazine groups is 2. The minimum atomic E-state index is -0.831. The van der Waals surface area contributed by atoms with E-state index in [1.54, 1.807) is 5.43 Å². The lowest BCUT2D eigenvalue weighted by Crippen LogP contribution is -2.42. The van der Waals surface area contributed by atoms with Crippen LogP contribution >= 0.6 is 0 Å². The summed E-state index contributed by atoms with van der Waals surface area (Å²) < 4.78 is 0. The lowest BCUT2D eigenvalue weighted by atomic mass is 10.2. The molecule has 2 amide bonds. The van der Waals surface area contributed by atoms with E-state index in [0.717, 1.165) is 18.2 Å². The number of urea groups is 1. The van der Waals surface area contributed by atoms with Gasteiger partial charge in [-0.3, -0.25) is 36.5 Å². The number of carbonyl (C=O) groups is 1. The van der Waals surface area contributed by atoms with Crippen LogP contribution in [0.25, 0.3) is 0 Å². The highest BCUT2D eigenvalue weighted by Gasteiger charge is 2.19. The second-order valence-electron chi connectivity index (χ2n) is 2.94. The molecule has 0 atom stereocenters. The van der Waals surface area contributed by atoms with Gasteiger partial charge in [-0.25, -0.2) is 10.6 Å². The second kappa shape index (κ2) is 5.40. The summed E-state index contributed by atoms with van der Waals surface area (Å²) in [5.41, 5.74) is 4.82. The molecule has 1 rings (SSSR count). The smallest absolute Gasteiger partial charge is 0.291 e. The first-order valence-electron chi connectivity index (χ1n) is 4.41. The van der Waals surface area contributed by atoms with E-state index in [1.807, 2.05) is 5.43 Å². The number of benzene rings is 1. The number of hydrogen-bond acceptors (Lipinski definition) is 7. The number of rotatable bonds is 4. The Morgan fingerprint density at radius 2 is 1.89 bits per heavy atom. The molecule has 11 heteroatoms. The average Bonchev–Trinajstić information content (AvgIpc) is 2.35. The first kappa shape index (κ1) is 13.1. The molecule has 0 spiro atoms. The number of amides is 2. The van der Waals surface area contributed by atoms with Crippen LogP contribution in [0.5, 0.6) is 0 Å². The maximum absolute atomic E-state index is 10.8. The quantitative estimate of drug-likeness (QED) is 0.254. The van der Waals surface area contributed by atoms with Crippen molar-refractivity contribution in [3.63, 3.8) is 0 Å². The van der Waals surface area contributed by atoms with Gasteiger partial charge in [0.1, 0.15) is 5.69 Å². The fraction of sp³-hybridized carbons (Fsp3) is 0. The Kier molecular flexibility index (Phi) is 3.93. The summed E-state index contributed by atoms with van der Waals surface area (Å²) in [6.07, 6.45) is 0. The Labute approximate surface area is 99.2 Å². The molecule has 0 fully saturated rings. The van der Waals surface area contributed by atoms with Gasteiger partial charge in [-0.05, 0) is 6.07 Å². The fourth-order valence-electron chi connectivity index (χ4n) is 1.05. The van der Waals surface area contributed by atoms with Gasteiger partial charge in [-0.2, -0.15) is 0 Å². The normalized spacial score (nSPS) is 9.39. The molecule has 0 unspecified atom stereocenters. The SMILES string of the molecule is NNC(=O)NNc1ccc([N+](=O)[O-])cc1[N+](=O)[O-]. The summed E-state index contributed by atoms with van der Waals surface area (Å²) in [6, 6.07) is 2.08. The highest BCUT2D eigenvalue weighted by atomic mass is 16.6. The minimum Gasteiger partial charge on any atom is -0.291 e. The van der Waals surface area contributed by atoms with Gasteiger partial charge in [0.2, 0.25) is 0 Å². The van der Waals surface area contributed by atoms with Crippen LogP contribution in [-0.2, 0) is 0 Å². The maximum atomic E-state index is 10.8. The van der Waals surface area contributed by atoms with E-state index in [0.29, 0.717) is 0 Å². The summed E-state index contributed by atoms with van der Waals surface area (Å²) in [4.78, 5) is 30.3. The Bertz CT molecular complexity index is 503. The second-order valence-corrected chi connectivity index (χ2v) is 2.94. The molecule has 0 bridgehead atoms. The molecule has 0 aromatic heterocycles. The number of nitrogens with zero attached hydrogens (tertiary/aromatic N) is 2. The summed E-state index contributed by atoms with van der Waals surface area (Å²) in [7, 11) is 0. The molecule has 18 heavy (non-hydrogen) atoms. The number of nitro benzene ring substituents is 2. The van der Waals surface area contributed by atoms with Crippen molar-refractivity contribution >= 4 is 23.1 Å². The van der Waals surface area contributed by atoms with Crippen molar-refractivity contribution < 1.29 is 14.6 Å². The lowest BCUT2D eigenvalue weighted by molar-refractivity contribution is -0.393. The molecule has 1 aromatic rings. The number of nitrogens with one attached hydrogen (secondary N) is 3. The predicted octanol–water partition coefficient (Wildman–Crippen LogP) is 0.00280. The van der Waals surface area contributed by atoms with Crippen LogP contribution < -0.4 is 22.1 Å². The van der Waals surface area contributed by atoms with E-state index >= 15 is 0 Å². The van der Waals surface area contributed by atoms with Crippen LogP contribution in [0.15, 0.2) is 18.2 Å². The molecular formula is C7H8N6O5. The van der Waals surface area contributed by atoms with Crippen LogP contribution in [0.1, 0.15) is 0 Å². The van der Waals surface area contributed by atoms with Crippen molar-refractivity contribution in [3.8, 4) is 0 Å². The monoisotopic (exact) mass is 256 g/mol. The van der Waals surface area contributed by atoms with Gasteiger partial charge in [0.25, 0.3) is 5.69 Å². The molecule has 0 aliphatic heterocycles. The highest BCUT2D eigenvalue weighted by Crippen LogP contribution is 2.28. The molecule has 5 N–H and O–H groups in total. The minimum absolute atomic E-state index is 0.116. The molecule has 0 saturated carbocycles. The van der Waals surface area contributed by atoms with E-state index in [9.17, 15) is 25.0 Å². The van der Waals surface area contributed by atoms with Gasteiger partial charge in [0.05, 0.1) is 15.9 Å². The Balaban J connectivity index is 3.00. The molecule has 0 heterocycles. The zero-order valence-electron chi connectivity index (χ0n) is 8.75. The fourth-order valence-corrected chi connectivity index (χ4v) is 1.05. The Hall–Kier alpha value is -2.95. The summed E-state index contributed by atoms with van der Waals surface area (Å²) in [5.74, 6) is 4.77. The van der Waals surface area contributed by atoms with Gasteiger partial charge in [-0.15, -0.1) is 0 Å². The van der Waals surface area contributed by atoms with Gasteiger partial charge in [0.15, 0.2) is 0 Å². The number of hydrogen-bond donors (Lipinski definition) is 4. The van der Waals surface area contributed by atoms with Crippen molar-refractivity contribution in [3.05, 3.63) is 38.4 Å². The third-order valence-electron chi connectivity index (χ3n) is 1.83. The number of carbonyl (C=O) groups excluding carboxylic acids is 1. The number of nitrogens with two attached hydrogens (primary N) is 1. The largest absolute Gasteiger partial charge is 0.347 e. The van der Waals surface area contributed by atoms with Crippen LogP contribution in [0.4, 0.5) is 21.9 Å². The first-order chi connectivity index (χ1) is 8.45. The van der Waals surface area contributed by atoms with Gasteiger partial charge < -0.3 is 0 Å². The molecule has 1 aromatic carbocycles. The number of anilines is 1. The van der Waals surface area contributed by atoms with Gasteiger partial charge >= 0.3 is 11.7 Å². The molecule has 0 saturated heterocycles. The third-order valence-corrected chi connectivity index (χ3v) is 1.83. The Morgan fingerprint density at radius 1 is 1.22 bits per heavy atom. The first-order valence-corrected chi connectivity index (χ1v) is 4.41. The molecule has 96 valence electrons. The Morgan fingerprint density at radius 3 is 2.39 bits per heavy atom. The zero-order valence-corrected chi connectivity index (χ0v) is 8.75. The predicted molar refractivity (Wildman–Crippen MR) is 59.2 cm³/mol. The topological polar surface area (TPSA) is 165 Å². The standard InChI is InChI=1S/C7H8N6O5/c8-9-7(14)11-10-5-2-1-4(12(15)16)3-6(5)13(17)18/h1-3,10H,8H2,(H2,9,11,14). The summed E-state index contributed by atoms with van der Waals surface area (Å²) in [5, 5.41) is 21.2. The summed E-state index contributed by atoms with van der Waals surface area (Å²) in [6.45, 7) is 0. The van der Waals surface area contributed by atoms with Crippen molar-refractivity contribution in [2.24, 2.45) is 5.84 Å². The molecule has 11 nitrogen and oxygen atoms in total. The maximum Gasteiger partial charge on any atom is 0.347 e. The average molecular weight is 256 g/mol. The number of nitro groups is 2. The van der Waals surface area contributed by atoms with Crippen molar-refractivity contribution in [1.29, 1.82) is 0 Å². The van der Waals surface area contributed by atoms with E-state index in [2.05, 4.69) is 5.43 Å². The molecule has 0 radical (unpaired) electrons. The molecular weight excluding hydrogens is 248 g/mol. The van der Waals surface area contributed by atoms with Crippen molar-refractivity contribution in [2.75, 3.05) is 5.43 Å². The van der Waals surface area contributed by atoms with Crippen molar-refractivity contribution in [2.45, 2.75) is 0 Å². The lowest BCUT2D eigenvalue weighted by Gasteiger charge is -2.07. The third kappa shape index (κ3) is 3.02. The van der Waals surface area contributed by atoms with Crippen LogP contribution in [0, 0.1) is 20.2 Å². The van der Waals surface area contributed by atoms with Crippen LogP contribution in [0.2, 0.25) is 0 Å². The zero-order chi connectivity index (χ0) is 13.7. The van der Waals surface area contributed by atoms with Gasteiger partial charge in [0, 0.05) is 6.07 Å². The van der Waals surface area contributed by atoms with E-state index in [4.69, 9.17) is 5.84 Å². The van der Waals surface area contributed by atoms with Crippen molar-refractivity contribution in [1.82, 2.24) is 10.9 Å². The molecule has 0 aliphatic rings. The van der Waals surface area contributed by atoms with Gasteiger partial charge in [-0.1, -0.05) is 0 Å². The van der Waals surface area contributed by atoms with E-state index < -0.39 is 27.3 Å². The van der Waals surface area contributed by atoms with E-state index in [-0.39, 0.29) is 5.69 Å². The van der Waals surface area contributed by atoms with E-state index in [1.165, 1.54) is 0 Å². The highest BCUT2D eigenvalue weighted by molar-refractivity contribution is 5.76. The van der Waals surface area contributed by atoms with Crippen LogP contribution in [0.3, 0.4) is 0 Å². The summed E-state index contributed by atoms with van der Waals surface area (Å²) >= 11 is 0.